The molecular formula is C8H14F6N2O3S2. The number of halogens is 6. The molecule has 0 aromatic heterocycles. The van der Waals surface area contributed by atoms with Crippen molar-refractivity contribution in [1.29, 1.82) is 0 Å². The van der Waals surface area contributed by atoms with E-state index in [1.807, 2.05) is 0 Å². The molecule has 0 N–H and O–H groups in total. The van der Waals surface area contributed by atoms with Gasteiger partial charge < -0.3 is 0 Å². The van der Waals surface area contributed by atoms with Crippen LogP contribution in [0.15, 0.2) is 0 Å². The van der Waals surface area contributed by atoms with E-state index in [1.54, 1.807) is 0 Å². The summed E-state index contributed by atoms with van der Waals surface area (Å²) >= 11 is -0.551. The smallest absolute Gasteiger partial charge is 0.203 e. The molecule has 0 aliphatic carbocycles. The fourth-order valence-electron chi connectivity index (χ4n) is 1.41. The van der Waals surface area contributed by atoms with E-state index in [9.17, 15) is 34.8 Å². The van der Waals surface area contributed by atoms with Crippen LogP contribution < -0.4 is 0 Å². The molecule has 128 valence electrons. The second-order valence-corrected chi connectivity index (χ2v) is 6.39. The largest absolute Gasteiger partial charge is 0.534 e. The molecule has 0 bridgehead atoms. The third-order valence-electron chi connectivity index (χ3n) is 2.31. The molecule has 0 saturated heterocycles. The van der Waals surface area contributed by atoms with Crippen LogP contribution in [-0.4, -0.2) is 42.2 Å². The Labute approximate surface area is 122 Å². The van der Waals surface area contributed by atoms with E-state index in [0.29, 0.717) is 0 Å². The number of hydrogen-bond acceptors (Lipinski definition) is 5. The number of alkyl halides is 6. The first-order valence-corrected chi connectivity index (χ1v) is 7.68. The number of rotatable bonds is 7. The summed E-state index contributed by atoms with van der Waals surface area (Å²) in [7, 11) is -5.10. The first-order chi connectivity index (χ1) is 9.28. The van der Waals surface area contributed by atoms with Gasteiger partial charge in [0.1, 0.15) is 12.2 Å². The molecule has 0 saturated carbocycles. The Balaban J connectivity index is 5.45. The van der Waals surface area contributed by atoms with E-state index in [0.717, 1.165) is 7.05 Å². The van der Waals surface area contributed by atoms with Crippen molar-refractivity contribution in [1.82, 2.24) is 8.83 Å². The highest BCUT2D eigenvalue weighted by Gasteiger charge is 2.53. The lowest BCUT2D eigenvalue weighted by Gasteiger charge is -2.35. The van der Waals surface area contributed by atoms with Gasteiger partial charge in [-0.05, 0) is 12.8 Å². The Hall–Kier alpha value is -0.240. The van der Waals surface area contributed by atoms with Gasteiger partial charge in [0, 0.05) is 13.1 Å². The molecule has 0 aliphatic rings. The molecule has 0 aromatic carbocycles. The van der Waals surface area contributed by atoms with Gasteiger partial charge in [-0.15, -0.1) is 22.0 Å². The summed E-state index contributed by atoms with van der Waals surface area (Å²) in [5.74, 6) is 0. The van der Waals surface area contributed by atoms with Gasteiger partial charge in [0.05, 0.1) is 0 Å². The zero-order chi connectivity index (χ0) is 17.1. The van der Waals surface area contributed by atoms with Crippen LogP contribution in [0.4, 0.5) is 26.3 Å². The number of hydrogen-bond donors (Lipinski definition) is 0. The fraction of sp³-hybridized carbons (Fsp3) is 1.00. The number of nitrogens with zero attached hydrogens (tertiary/aromatic N) is 2. The van der Waals surface area contributed by atoms with Crippen LogP contribution in [-0.2, 0) is 14.2 Å². The Morgan fingerprint density at radius 1 is 1.10 bits per heavy atom. The van der Waals surface area contributed by atoms with Crippen molar-refractivity contribution in [3.05, 3.63) is 0 Å². The van der Waals surface area contributed by atoms with Gasteiger partial charge in [-0.1, -0.05) is 13.8 Å². The number of sulfonamides is 1. The molecule has 0 atom stereocenters. The minimum atomic E-state index is -5.84. The van der Waals surface area contributed by atoms with Gasteiger partial charge in [-0.25, -0.2) is 12.6 Å². The highest BCUT2D eigenvalue weighted by Crippen LogP contribution is 2.34. The summed E-state index contributed by atoms with van der Waals surface area (Å²) in [4.78, 5) is 0. The maximum absolute atomic E-state index is 12.6. The SMILES string of the molecule is CCC(CC)N(N(C)SOC(F)(F)F)S(=O)(=O)C(F)(F)F. The van der Waals surface area contributed by atoms with E-state index < -0.39 is 40.2 Å². The van der Waals surface area contributed by atoms with Crippen LogP contribution in [0, 0.1) is 0 Å². The molecule has 0 radical (unpaired) electrons. The predicted octanol–water partition coefficient (Wildman–Crippen LogP) is 3.27. The van der Waals surface area contributed by atoms with Crippen LogP contribution >= 0.6 is 12.2 Å². The number of hydrazine groups is 1. The minimum absolute atomic E-state index is 0.0251. The van der Waals surface area contributed by atoms with Crippen molar-refractivity contribution >= 4 is 22.3 Å². The molecule has 0 rings (SSSR count). The molecule has 0 aromatic rings. The standard InChI is InChI=1S/C8H14F6N2O3S2/c1-4-6(5-2)16(21(17,18)8(12,13)14)15(3)20-19-7(9,10)11/h6H,4-5H2,1-3H3. The first kappa shape index (κ1) is 20.8. The molecule has 21 heavy (non-hydrogen) atoms. The molecule has 5 nitrogen and oxygen atoms in total. The Morgan fingerprint density at radius 3 is 1.81 bits per heavy atom. The average Bonchev–Trinajstić information content (AvgIpc) is 2.30. The van der Waals surface area contributed by atoms with Crippen molar-refractivity contribution in [3.8, 4) is 0 Å². The van der Waals surface area contributed by atoms with E-state index in [2.05, 4.69) is 4.18 Å². The van der Waals surface area contributed by atoms with Gasteiger partial charge in [-0.2, -0.15) is 13.2 Å². The highest BCUT2D eigenvalue weighted by atomic mass is 32.2. The third kappa shape index (κ3) is 5.81. The van der Waals surface area contributed by atoms with Crippen molar-refractivity contribution < 1.29 is 38.9 Å². The van der Waals surface area contributed by atoms with E-state index in [-0.39, 0.29) is 21.7 Å². The van der Waals surface area contributed by atoms with Crippen molar-refractivity contribution in [2.24, 2.45) is 0 Å². The van der Waals surface area contributed by atoms with Crippen molar-refractivity contribution in [3.63, 3.8) is 0 Å². The van der Waals surface area contributed by atoms with E-state index in [1.165, 1.54) is 13.8 Å². The second-order valence-electron chi connectivity index (χ2n) is 3.76. The van der Waals surface area contributed by atoms with Crippen LogP contribution in [0.2, 0.25) is 0 Å². The van der Waals surface area contributed by atoms with Crippen LogP contribution in [0.1, 0.15) is 26.7 Å². The lowest BCUT2D eigenvalue weighted by atomic mass is 10.2. The summed E-state index contributed by atoms with van der Waals surface area (Å²) < 4.78 is 99.9. The quantitative estimate of drug-likeness (QED) is 0.300. The Kier molecular flexibility index (Phi) is 7.27. The maximum atomic E-state index is 12.6. The molecule has 0 spiro atoms. The summed E-state index contributed by atoms with van der Waals surface area (Å²) in [6.07, 6.45) is -5.17. The molecule has 0 heterocycles. The fourth-order valence-corrected chi connectivity index (χ4v) is 3.36. The van der Waals surface area contributed by atoms with Crippen molar-refractivity contribution in [2.45, 2.75) is 44.6 Å². The van der Waals surface area contributed by atoms with Gasteiger partial charge >= 0.3 is 21.9 Å². The minimum Gasteiger partial charge on any atom is -0.203 e. The monoisotopic (exact) mass is 364 g/mol. The van der Waals surface area contributed by atoms with E-state index >= 15 is 0 Å². The topological polar surface area (TPSA) is 49.9 Å². The second kappa shape index (κ2) is 7.35. The van der Waals surface area contributed by atoms with Gasteiger partial charge in [0.2, 0.25) is 0 Å². The predicted molar refractivity (Wildman–Crippen MR) is 63.7 cm³/mol. The summed E-state index contributed by atoms with van der Waals surface area (Å²) in [5.41, 5.74) is -5.64. The van der Waals surface area contributed by atoms with Gasteiger partial charge in [0.25, 0.3) is 0 Å². The normalized spacial score (nSPS) is 14.5. The van der Waals surface area contributed by atoms with Crippen LogP contribution in [0.3, 0.4) is 0 Å². The van der Waals surface area contributed by atoms with E-state index in [4.69, 9.17) is 0 Å². The molecule has 0 unspecified atom stereocenters. The van der Waals surface area contributed by atoms with Gasteiger partial charge in [-0.3, -0.25) is 0 Å². The third-order valence-corrected chi connectivity index (χ3v) is 4.69. The molecule has 13 heteroatoms. The highest BCUT2D eigenvalue weighted by molar-refractivity contribution is 7.94. The first-order valence-electron chi connectivity index (χ1n) is 5.54. The zero-order valence-corrected chi connectivity index (χ0v) is 12.8. The maximum Gasteiger partial charge on any atom is 0.534 e. The molecule has 0 aliphatic heterocycles. The lowest BCUT2D eigenvalue weighted by molar-refractivity contribution is -0.269. The molecule has 0 amide bonds. The Morgan fingerprint density at radius 2 is 1.52 bits per heavy atom. The lowest BCUT2D eigenvalue weighted by Crippen LogP contribution is -2.52. The van der Waals surface area contributed by atoms with Gasteiger partial charge in [0.15, 0.2) is 0 Å². The van der Waals surface area contributed by atoms with Crippen LogP contribution in [0.25, 0.3) is 0 Å². The summed E-state index contributed by atoms with van der Waals surface area (Å²) in [6.45, 7) is 2.83. The zero-order valence-electron chi connectivity index (χ0n) is 11.2. The summed E-state index contributed by atoms with van der Waals surface area (Å²) in [5, 5.41) is 0. The molecular weight excluding hydrogens is 350 g/mol. The van der Waals surface area contributed by atoms with Crippen LogP contribution in [0.5, 0.6) is 0 Å². The van der Waals surface area contributed by atoms with Crippen molar-refractivity contribution in [2.75, 3.05) is 7.05 Å². The molecule has 0 fully saturated rings. The summed E-state index contributed by atoms with van der Waals surface area (Å²) in [6, 6.07) is -1.16. The Bertz CT molecular complexity index is 421. The average molecular weight is 364 g/mol.